The summed E-state index contributed by atoms with van der Waals surface area (Å²) in [5.41, 5.74) is 0.913. The van der Waals surface area contributed by atoms with Crippen LogP contribution < -0.4 is 10.2 Å². The van der Waals surface area contributed by atoms with Crippen molar-refractivity contribution in [2.24, 2.45) is 0 Å². The smallest absolute Gasteiger partial charge is 0.363 e. The van der Waals surface area contributed by atoms with Crippen LogP contribution >= 0.6 is 0 Å². The van der Waals surface area contributed by atoms with Crippen LogP contribution in [0.2, 0.25) is 0 Å². The van der Waals surface area contributed by atoms with E-state index in [1.165, 1.54) is 6.07 Å². The highest BCUT2D eigenvalue weighted by atomic mass is 16.6. The summed E-state index contributed by atoms with van der Waals surface area (Å²) < 4.78 is 0. The second-order valence-corrected chi connectivity index (χ2v) is 3.56. The fraction of sp³-hybridized carbons (Fsp3) is 0.545. The van der Waals surface area contributed by atoms with Gasteiger partial charge in [-0.15, -0.1) is 0 Å². The molecule has 0 aliphatic heterocycles. The molecule has 17 heavy (non-hydrogen) atoms. The largest absolute Gasteiger partial charge is 0.367 e. The van der Waals surface area contributed by atoms with Crippen molar-refractivity contribution in [3.05, 3.63) is 28.4 Å². The third-order valence-electron chi connectivity index (χ3n) is 2.47. The Morgan fingerprint density at radius 1 is 1.47 bits per heavy atom. The van der Waals surface area contributed by atoms with E-state index in [2.05, 4.69) is 22.1 Å². The standard InChI is InChI=1S/C11H18N4O2/c1-3-12-7-8-14(4-2)10-5-6-11(13-9-10)15(16)17/h5-6,9,12H,3-4,7-8H2,1-2H3. The van der Waals surface area contributed by atoms with Crippen LogP contribution in [-0.2, 0) is 0 Å². The molecule has 0 amide bonds. The number of hydrogen-bond donors (Lipinski definition) is 1. The predicted molar refractivity (Wildman–Crippen MR) is 67.3 cm³/mol. The quantitative estimate of drug-likeness (QED) is 0.442. The first-order chi connectivity index (χ1) is 8.19. The number of pyridine rings is 1. The van der Waals surface area contributed by atoms with Gasteiger partial charge in [-0.2, -0.15) is 0 Å². The van der Waals surface area contributed by atoms with E-state index < -0.39 is 4.92 Å². The van der Waals surface area contributed by atoms with Crippen molar-refractivity contribution < 1.29 is 4.92 Å². The Morgan fingerprint density at radius 2 is 2.24 bits per heavy atom. The lowest BCUT2D eigenvalue weighted by Crippen LogP contribution is -2.31. The molecule has 94 valence electrons. The van der Waals surface area contributed by atoms with Crippen molar-refractivity contribution >= 4 is 11.5 Å². The zero-order chi connectivity index (χ0) is 12.7. The fourth-order valence-corrected chi connectivity index (χ4v) is 1.53. The Labute approximate surface area is 101 Å². The molecule has 0 aromatic carbocycles. The number of likely N-dealkylation sites (N-methyl/N-ethyl adjacent to an activating group) is 2. The third-order valence-corrected chi connectivity index (χ3v) is 2.47. The zero-order valence-electron chi connectivity index (χ0n) is 10.2. The van der Waals surface area contributed by atoms with E-state index in [4.69, 9.17) is 0 Å². The molecular formula is C11H18N4O2. The molecule has 1 N–H and O–H groups in total. The highest BCUT2D eigenvalue weighted by Crippen LogP contribution is 2.15. The summed E-state index contributed by atoms with van der Waals surface area (Å²) in [7, 11) is 0. The van der Waals surface area contributed by atoms with Crippen molar-refractivity contribution in [2.75, 3.05) is 31.1 Å². The highest BCUT2D eigenvalue weighted by molar-refractivity contribution is 5.46. The number of aromatic nitrogens is 1. The minimum atomic E-state index is -0.487. The zero-order valence-corrected chi connectivity index (χ0v) is 10.2. The van der Waals surface area contributed by atoms with Crippen LogP contribution in [0.25, 0.3) is 0 Å². The van der Waals surface area contributed by atoms with E-state index in [1.807, 2.05) is 6.92 Å². The number of nitrogens with zero attached hydrogens (tertiary/aromatic N) is 3. The van der Waals surface area contributed by atoms with Gasteiger partial charge >= 0.3 is 5.82 Å². The van der Waals surface area contributed by atoms with Crippen LogP contribution in [0.5, 0.6) is 0 Å². The van der Waals surface area contributed by atoms with Gasteiger partial charge in [-0.25, -0.2) is 0 Å². The molecule has 1 rings (SSSR count). The Hall–Kier alpha value is -1.69. The van der Waals surface area contributed by atoms with E-state index in [1.54, 1.807) is 12.3 Å². The number of nitro groups is 1. The monoisotopic (exact) mass is 238 g/mol. The van der Waals surface area contributed by atoms with Crippen LogP contribution in [0.15, 0.2) is 18.3 Å². The van der Waals surface area contributed by atoms with Gasteiger partial charge in [0.2, 0.25) is 0 Å². The molecule has 6 heteroatoms. The molecule has 0 bridgehead atoms. The molecule has 0 aliphatic rings. The van der Waals surface area contributed by atoms with Gasteiger partial charge in [-0.1, -0.05) is 6.92 Å². The summed E-state index contributed by atoms with van der Waals surface area (Å²) in [6, 6.07) is 3.17. The van der Waals surface area contributed by atoms with E-state index in [9.17, 15) is 10.1 Å². The van der Waals surface area contributed by atoms with Crippen LogP contribution in [0.3, 0.4) is 0 Å². The van der Waals surface area contributed by atoms with Gasteiger partial charge in [-0.05, 0) is 29.4 Å². The van der Waals surface area contributed by atoms with Gasteiger partial charge in [-0.3, -0.25) is 0 Å². The second-order valence-electron chi connectivity index (χ2n) is 3.56. The summed E-state index contributed by atoms with van der Waals surface area (Å²) >= 11 is 0. The average Bonchev–Trinajstić information content (AvgIpc) is 2.35. The molecule has 0 atom stereocenters. The molecule has 1 aromatic heterocycles. The Kier molecular flexibility index (Phi) is 5.35. The molecule has 0 saturated heterocycles. The molecular weight excluding hydrogens is 220 g/mol. The molecule has 0 saturated carbocycles. The molecule has 0 unspecified atom stereocenters. The van der Waals surface area contributed by atoms with Crippen molar-refractivity contribution in [1.82, 2.24) is 10.3 Å². The van der Waals surface area contributed by atoms with Gasteiger partial charge < -0.3 is 20.3 Å². The van der Waals surface area contributed by atoms with E-state index >= 15 is 0 Å². The van der Waals surface area contributed by atoms with Crippen molar-refractivity contribution in [3.8, 4) is 0 Å². The Balaban J connectivity index is 2.65. The molecule has 1 aromatic rings. The van der Waals surface area contributed by atoms with E-state index in [0.29, 0.717) is 0 Å². The number of rotatable bonds is 7. The number of anilines is 1. The predicted octanol–water partition coefficient (Wildman–Crippen LogP) is 1.43. The molecule has 6 nitrogen and oxygen atoms in total. The minimum Gasteiger partial charge on any atom is -0.367 e. The summed E-state index contributed by atoms with van der Waals surface area (Å²) in [5.74, 6) is -0.114. The molecule has 1 heterocycles. The summed E-state index contributed by atoms with van der Waals surface area (Å²) in [6.45, 7) is 7.66. The lowest BCUT2D eigenvalue weighted by molar-refractivity contribution is -0.389. The maximum atomic E-state index is 10.5. The maximum absolute atomic E-state index is 10.5. The summed E-state index contributed by atoms with van der Waals surface area (Å²) in [6.07, 6.45) is 1.55. The third kappa shape index (κ3) is 3.99. The topological polar surface area (TPSA) is 71.3 Å². The SMILES string of the molecule is CCNCCN(CC)c1ccc([N+](=O)[O-])nc1. The van der Waals surface area contributed by atoms with Crippen LogP contribution in [-0.4, -0.2) is 36.1 Å². The number of hydrogen-bond acceptors (Lipinski definition) is 5. The van der Waals surface area contributed by atoms with Crippen LogP contribution in [0.1, 0.15) is 13.8 Å². The summed E-state index contributed by atoms with van der Waals surface area (Å²) in [5, 5.41) is 13.7. The lowest BCUT2D eigenvalue weighted by Gasteiger charge is -2.21. The van der Waals surface area contributed by atoms with E-state index in [-0.39, 0.29) is 5.82 Å². The van der Waals surface area contributed by atoms with Crippen molar-refractivity contribution in [3.63, 3.8) is 0 Å². The van der Waals surface area contributed by atoms with Gasteiger partial charge in [0.25, 0.3) is 0 Å². The van der Waals surface area contributed by atoms with Crippen LogP contribution in [0, 0.1) is 10.1 Å². The first-order valence-corrected chi connectivity index (χ1v) is 5.75. The van der Waals surface area contributed by atoms with Gasteiger partial charge in [0, 0.05) is 25.7 Å². The highest BCUT2D eigenvalue weighted by Gasteiger charge is 2.10. The van der Waals surface area contributed by atoms with Gasteiger partial charge in [0.05, 0.1) is 5.69 Å². The maximum Gasteiger partial charge on any atom is 0.363 e. The van der Waals surface area contributed by atoms with Gasteiger partial charge in [0.1, 0.15) is 0 Å². The fourth-order valence-electron chi connectivity index (χ4n) is 1.53. The Morgan fingerprint density at radius 3 is 2.71 bits per heavy atom. The number of nitrogens with one attached hydrogen (secondary N) is 1. The second kappa shape index (κ2) is 6.80. The average molecular weight is 238 g/mol. The molecule has 0 spiro atoms. The van der Waals surface area contributed by atoms with Crippen molar-refractivity contribution in [1.29, 1.82) is 0 Å². The first kappa shape index (κ1) is 13.4. The minimum absolute atomic E-state index is 0.114. The first-order valence-electron chi connectivity index (χ1n) is 5.75. The van der Waals surface area contributed by atoms with Gasteiger partial charge in [0.15, 0.2) is 6.20 Å². The van der Waals surface area contributed by atoms with E-state index in [0.717, 1.165) is 31.9 Å². The van der Waals surface area contributed by atoms with Crippen molar-refractivity contribution in [2.45, 2.75) is 13.8 Å². The normalized spacial score (nSPS) is 10.2. The van der Waals surface area contributed by atoms with Crippen LogP contribution in [0.4, 0.5) is 11.5 Å². The summed E-state index contributed by atoms with van der Waals surface area (Å²) in [4.78, 5) is 15.9. The molecule has 0 radical (unpaired) electrons. The lowest BCUT2D eigenvalue weighted by atomic mass is 10.3. The Bertz CT molecular complexity index is 353. The molecule has 0 fully saturated rings. The molecule has 0 aliphatic carbocycles.